The minimum Gasteiger partial charge on any atom is -0.494 e. The summed E-state index contributed by atoms with van der Waals surface area (Å²) >= 11 is 0. The zero-order chi connectivity index (χ0) is 17.0. The lowest BCUT2D eigenvalue weighted by atomic mass is 10.2. The Balaban J connectivity index is 2.02. The molecular weight excluding hydrogens is 301 g/mol. The molecule has 128 valence electrons. The fourth-order valence-electron chi connectivity index (χ4n) is 2.85. The van der Waals surface area contributed by atoms with Gasteiger partial charge in [0.15, 0.2) is 5.82 Å². The monoisotopic (exact) mass is 325 g/mol. The fraction of sp³-hybridized carbons (Fsp3) is 0.562. The molecule has 2 N–H and O–H groups in total. The number of rotatable bonds is 4. The molecule has 6 nitrogen and oxygen atoms in total. The second kappa shape index (κ2) is 7.61. The first-order valence-corrected chi connectivity index (χ1v) is 7.73. The van der Waals surface area contributed by atoms with E-state index in [9.17, 15) is 14.3 Å². The maximum absolute atomic E-state index is 13.9. The number of methoxy groups -OCH3 is 1. The fourth-order valence-corrected chi connectivity index (χ4v) is 2.85. The Morgan fingerprint density at radius 2 is 2.26 bits per heavy atom. The van der Waals surface area contributed by atoms with Gasteiger partial charge in [-0.15, -0.1) is 0 Å². The molecule has 23 heavy (non-hydrogen) atoms. The number of aliphatic hydroxyl groups is 1. The van der Waals surface area contributed by atoms with E-state index in [1.807, 2.05) is 6.92 Å². The number of ether oxygens (including phenoxy) is 1. The van der Waals surface area contributed by atoms with E-state index in [-0.39, 0.29) is 17.8 Å². The molecule has 7 heteroatoms. The van der Waals surface area contributed by atoms with E-state index in [2.05, 4.69) is 10.2 Å². The van der Waals surface area contributed by atoms with Gasteiger partial charge in [-0.1, -0.05) is 6.07 Å². The lowest BCUT2D eigenvalue weighted by molar-refractivity contribution is 0.0691. The molecule has 0 radical (unpaired) electrons. The van der Waals surface area contributed by atoms with Crippen molar-refractivity contribution in [2.24, 2.45) is 0 Å². The lowest BCUT2D eigenvalue weighted by Gasteiger charge is -2.40. The van der Waals surface area contributed by atoms with Crippen LogP contribution < -0.4 is 10.1 Å². The molecule has 1 fully saturated rings. The molecule has 0 aliphatic carbocycles. The van der Waals surface area contributed by atoms with Gasteiger partial charge in [0.25, 0.3) is 0 Å². The molecule has 1 aliphatic heterocycles. The van der Waals surface area contributed by atoms with Crippen molar-refractivity contribution in [2.45, 2.75) is 26.0 Å². The third-order valence-corrected chi connectivity index (χ3v) is 3.92. The van der Waals surface area contributed by atoms with Crippen LogP contribution in [0.15, 0.2) is 18.2 Å². The number of anilines is 1. The summed E-state index contributed by atoms with van der Waals surface area (Å²) in [5.41, 5.74) is 0.0543. The van der Waals surface area contributed by atoms with Gasteiger partial charge in [0.2, 0.25) is 0 Å². The van der Waals surface area contributed by atoms with Gasteiger partial charge in [-0.25, -0.2) is 9.18 Å². The molecule has 2 atom stereocenters. The van der Waals surface area contributed by atoms with Crippen molar-refractivity contribution in [3.05, 3.63) is 24.0 Å². The van der Waals surface area contributed by atoms with E-state index in [4.69, 9.17) is 4.74 Å². The Hall–Kier alpha value is -1.86. The van der Waals surface area contributed by atoms with E-state index in [1.54, 1.807) is 17.9 Å². The second-order valence-electron chi connectivity index (χ2n) is 5.90. The number of carbonyl (C=O) groups excluding carboxylic acids is 1. The highest BCUT2D eigenvalue weighted by Gasteiger charge is 2.28. The normalized spacial score (nSPS) is 20.2. The number of β-amino-alcohol motifs (C(OH)–C–C–N with tert-alkyl or cyclic N) is 1. The summed E-state index contributed by atoms with van der Waals surface area (Å²) in [5.74, 6) is -0.239. The van der Waals surface area contributed by atoms with Crippen LogP contribution in [0.4, 0.5) is 14.9 Å². The predicted octanol–water partition coefficient (Wildman–Crippen LogP) is 1.75. The van der Waals surface area contributed by atoms with Crippen molar-refractivity contribution in [3.63, 3.8) is 0 Å². The van der Waals surface area contributed by atoms with Crippen LogP contribution in [0.25, 0.3) is 0 Å². The first-order valence-electron chi connectivity index (χ1n) is 7.73. The molecule has 1 saturated heterocycles. The zero-order valence-electron chi connectivity index (χ0n) is 13.8. The Morgan fingerprint density at radius 1 is 1.52 bits per heavy atom. The van der Waals surface area contributed by atoms with Gasteiger partial charge >= 0.3 is 6.03 Å². The van der Waals surface area contributed by atoms with Crippen LogP contribution in [0, 0.1) is 5.82 Å². The third-order valence-electron chi connectivity index (χ3n) is 3.92. The number of hydrogen-bond donors (Lipinski definition) is 2. The third kappa shape index (κ3) is 4.33. The quantitative estimate of drug-likeness (QED) is 0.885. The smallest absolute Gasteiger partial charge is 0.322 e. The van der Waals surface area contributed by atoms with Gasteiger partial charge in [-0.3, -0.25) is 4.90 Å². The van der Waals surface area contributed by atoms with E-state index < -0.39 is 11.9 Å². The van der Waals surface area contributed by atoms with Gasteiger partial charge in [0.05, 0.1) is 13.2 Å². The van der Waals surface area contributed by atoms with Crippen LogP contribution in [0.5, 0.6) is 5.75 Å². The highest BCUT2D eigenvalue weighted by atomic mass is 19.1. The SMILES string of the molecule is COc1cccc(F)c1NC(=O)N1CCN(C[C@H](C)O)C[C@@H]1C. The van der Waals surface area contributed by atoms with Gasteiger partial charge < -0.3 is 20.1 Å². The number of hydrogen-bond acceptors (Lipinski definition) is 4. The molecule has 2 amide bonds. The molecule has 1 heterocycles. The summed E-state index contributed by atoms with van der Waals surface area (Å²) < 4.78 is 19.0. The van der Waals surface area contributed by atoms with E-state index in [0.29, 0.717) is 31.9 Å². The van der Waals surface area contributed by atoms with Crippen LogP contribution in [0.3, 0.4) is 0 Å². The Morgan fingerprint density at radius 3 is 2.87 bits per heavy atom. The van der Waals surface area contributed by atoms with Crippen LogP contribution in [0.2, 0.25) is 0 Å². The van der Waals surface area contributed by atoms with Gasteiger partial charge in [0, 0.05) is 32.2 Å². The van der Waals surface area contributed by atoms with E-state index >= 15 is 0 Å². The maximum Gasteiger partial charge on any atom is 0.322 e. The summed E-state index contributed by atoms with van der Waals surface area (Å²) in [4.78, 5) is 16.2. The molecule has 0 saturated carbocycles. The number of carbonyl (C=O) groups is 1. The number of urea groups is 1. The molecule has 1 aliphatic rings. The van der Waals surface area contributed by atoms with Crippen molar-refractivity contribution < 1.29 is 19.0 Å². The molecular formula is C16H24FN3O3. The van der Waals surface area contributed by atoms with Crippen molar-refractivity contribution in [1.82, 2.24) is 9.80 Å². The minimum absolute atomic E-state index is 0.0275. The van der Waals surface area contributed by atoms with Gasteiger partial charge in [-0.2, -0.15) is 0 Å². The average Bonchev–Trinajstić information content (AvgIpc) is 2.48. The molecule has 0 aromatic heterocycles. The molecule has 2 rings (SSSR count). The van der Waals surface area contributed by atoms with Crippen LogP contribution >= 0.6 is 0 Å². The summed E-state index contributed by atoms with van der Waals surface area (Å²) in [5, 5.41) is 12.1. The number of nitrogens with one attached hydrogen (secondary N) is 1. The highest BCUT2D eigenvalue weighted by Crippen LogP contribution is 2.27. The summed E-state index contributed by atoms with van der Waals surface area (Å²) in [6.07, 6.45) is -0.398. The lowest BCUT2D eigenvalue weighted by Crippen LogP contribution is -2.56. The standard InChI is InChI=1S/C16H24FN3O3/c1-11-9-19(10-12(2)21)7-8-20(11)16(22)18-15-13(17)5-4-6-14(15)23-3/h4-6,11-12,21H,7-10H2,1-3H3,(H,18,22)/t11-,12-/m0/s1. The van der Waals surface area contributed by atoms with Gasteiger partial charge in [-0.05, 0) is 26.0 Å². The van der Waals surface area contributed by atoms with Crippen LogP contribution in [0.1, 0.15) is 13.8 Å². The Kier molecular flexibility index (Phi) is 5.79. The van der Waals surface area contributed by atoms with Crippen molar-refractivity contribution in [1.29, 1.82) is 0 Å². The number of halogens is 1. The van der Waals surface area contributed by atoms with E-state index in [1.165, 1.54) is 19.2 Å². The maximum atomic E-state index is 13.9. The Labute approximate surface area is 135 Å². The van der Waals surface area contributed by atoms with Crippen molar-refractivity contribution in [3.8, 4) is 5.75 Å². The van der Waals surface area contributed by atoms with Gasteiger partial charge in [0.1, 0.15) is 11.4 Å². The molecule has 1 aromatic carbocycles. The number of nitrogens with zero attached hydrogens (tertiary/aromatic N) is 2. The summed E-state index contributed by atoms with van der Waals surface area (Å²) in [6.45, 7) is 6.14. The Bertz CT molecular complexity index is 553. The van der Waals surface area contributed by atoms with Crippen molar-refractivity contribution >= 4 is 11.7 Å². The number of piperazine rings is 1. The topological polar surface area (TPSA) is 65.0 Å². The summed E-state index contributed by atoms with van der Waals surface area (Å²) in [6, 6.07) is 4.03. The zero-order valence-corrected chi connectivity index (χ0v) is 13.8. The number of benzene rings is 1. The minimum atomic E-state index is -0.530. The number of amides is 2. The second-order valence-corrected chi connectivity index (χ2v) is 5.90. The molecule has 0 unspecified atom stereocenters. The van der Waals surface area contributed by atoms with Crippen molar-refractivity contribution in [2.75, 3.05) is 38.6 Å². The summed E-state index contributed by atoms with van der Waals surface area (Å²) in [7, 11) is 1.43. The number of aliphatic hydroxyl groups excluding tert-OH is 1. The van der Waals surface area contributed by atoms with Crippen LogP contribution in [-0.2, 0) is 0 Å². The first kappa shape index (κ1) is 17.5. The predicted molar refractivity (Wildman–Crippen MR) is 86.3 cm³/mol. The first-order chi connectivity index (χ1) is 10.9. The largest absolute Gasteiger partial charge is 0.494 e. The highest BCUT2D eigenvalue weighted by molar-refractivity contribution is 5.91. The van der Waals surface area contributed by atoms with E-state index in [0.717, 1.165) is 0 Å². The van der Waals surface area contributed by atoms with Crippen LogP contribution in [-0.4, -0.2) is 66.4 Å². The average molecular weight is 325 g/mol. The molecule has 0 bridgehead atoms. The number of para-hydroxylation sites is 1. The molecule has 1 aromatic rings. The molecule has 0 spiro atoms.